The highest BCUT2D eigenvalue weighted by atomic mass is 16.2. The normalized spacial score (nSPS) is 21.3. The van der Waals surface area contributed by atoms with Gasteiger partial charge < -0.3 is 16.4 Å². The van der Waals surface area contributed by atoms with Gasteiger partial charge in [0.25, 0.3) is 11.5 Å². The standard InChI is InChI=1S/C18H20N6O2/c1-11-8-12(22-14-9-13(19)20-10-21-14)17(26)24-15(11)16(25)23-18(24)6-4-2-3-5-7-18/h2,4,8-10H,3,5-7H2,1H3,(H,23,25)(H3,19,20,21,22). The first kappa shape index (κ1) is 16.3. The number of allylic oxidation sites excluding steroid dienone is 1. The van der Waals surface area contributed by atoms with E-state index in [-0.39, 0.29) is 11.5 Å². The van der Waals surface area contributed by atoms with E-state index in [0.29, 0.717) is 35.9 Å². The zero-order chi connectivity index (χ0) is 18.3. The Morgan fingerprint density at radius 3 is 2.92 bits per heavy atom. The van der Waals surface area contributed by atoms with E-state index < -0.39 is 5.66 Å². The molecule has 1 spiro atoms. The van der Waals surface area contributed by atoms with E-state index in [2.05, 4.69) is 26.7 Å². The topological polar surface area (TPSA) is 115 Å². The van der Waals surface area contributed by atoms with Crippen LogP contribution in [0, 0.1) is 6.92 Å². The molecule has 0 fully saturated rings. The summed E-state index contributed by atoms with van der Waals surface area (Å²) >= 11 is 0. The van der Waals surface area contributed by atoms with Crippen LogP contribution in [0.2, 0.25) is 0 Å². The lowest BCUT2D eigenvalue weighted by Crippen LogP contribution is -2.47. The number of carbonyl (C=O) groups excluding carboxylic acids is 1. The van der Waals surface area contributed by atoms with E-state index in [1.54, 1.807) is 16.7 Å². The molecule has 2 aliphatic rings. The number of amides is 1. The average Bonchev–Trinajstić information content (AvgIpc) is 2.73. The molecule has 4 rings (SSSR count). The van der Waals surface area contributed by atoms with Crippen molar-refractivity contribution < 1.29 is 4.79 Å². The molecule has 8 nitrogen and oxygen atoms in total. The number of rotatable bonds is 2. The van der Waals surface area contributed by atoms with E-state index >= 15 is 0 Å². The van der Waals surface area contributed by atoms with Gasteiger partial charge in [0, 0.05) is 12.5 Å². The summed E-state index contributed by atoms with van der Waals surface area (Å²) in [5.74, 6) is 0.539. The predicted octanol–water partition coefficient (Wildman–Crippen LogP) is 1.80. The number of hydrogen-bond donors (Lipinski definition) is 3. The summed E-state index contributed by atoms with van der Waals surface area (Å²) in [5, 5.41) is 6.07. The molecule has 1 amide bonds. The van der Waals surface area contributed by atoms with Crippen molar-refractivity contribution in [3.8, 4) is 0 Å². The lowest BCUT2D eigenvalue weighted by molar-refractivity contribution is 0.0911. The van der Waals surface area contributed by atoms with E-state index in [1.165, 1.54) is 6.33 Å². The van der Waals surface area contributed by atoms with Gasteiger partial charge in [-0.25, -0.2) is 9.97 Å². The third kappa shape index (κ3) is 2.54. The van der Waals surface area contributed by atoms with Crippen LogP contribution in [-0.4, -0.2) is 20.4 Å². The van der Waals surface area contributed by atoms with Crippen molar-refractivity contribution in [2.75, 3.05) is 11.1 Å². The second kappa shape index (κ2) is 5.98. The number of fused-ring (bicyclic) bond motifs is 2. The Kier molecular flexibility index (Phi) is 3.75. The van der Waals surface area contributed by atoms with Gasteiger partial charge in [-0.15, -0.1) is 0 Å². The first-order valence-electron chi connectivity index (χ1n) is 8.59. The van der Waals surface area contributed by atoms with Crippen LogP contribution in [0.5, 0.6) is 0 Å². The maximum absolute atomic E-state index is 13.2. The minimum absolute atomic E-state index is 0.201. The summed E-state index contributed by atoms with van der Waals surface area (Å²) in [5.41, 5.74) is 6.24. The Hall–Kier alpha value is -3.16. The first-order valence-corrected chi connectivity index (χ1v) is 8.59. The van der Waals surface area contributed by atoms with Gasteiger partial charge in [-0.3, -0.25) is 14.2 Å². The van der Waals surface area contributed by atoms with E-state index in [4.69, 9.17) is 5.73 Å². The molecular weight excluding hydrogens is 332 g/mol. The zero-order valence-corrected chi connectivity index (χ0v) is 14.5. The number of aryl methyl sites for hydroxylation is 1. The Bertz CT molecular complexity index is 980. The van der Waals surface area contributed by atoms with Crippen molar-refractivity contribution in [1.82, 2.24) is 19.9 Å². The Labute approximate surface area is 150 Å². The fourth-order valence-electron chi connectivity index (χ4n) is 3.76. The van der Waals surface area contributed by atoms with Gasteiger partial charge in [0.2, 0.25) is 0 Å². The van der Waals surface area contributed by atoms with Crippen LogP contribution in [0.3, 0.4) is 0 Å². The van der Waals surface area contributed by atoms with Crippen LogP contribution in [0.4, 0.5) is 17.3 Å². The monoisotopic (exact) mass is 352 g/mol. The largest absolute Gasteiger partial charge is 0.384 e. The first-order chi connectivity index (χ1) is 12.5. The highest BCUT2D eigenvalue weighted by Crippen LogP contribution is 2.34. The maximum atomic E-state index is 13.2. The molecule has 26 heavy (non-hydrogen) atoms. The van der Waals surface area contributed by atoms with Crippen molar-refractivity contribution >= 4 is 23.2 Å². The van der Waals surface area contributed by atoms with Crippen molar-refractivity contribution in [1.29, 1.82) is 0 Å². The van der Waals surface area contributed by atoms with E-state index in [1.807, 2.05) is 13.0 Å². The molecule has 0 bridgehead atoms. The van der Waals surface area contributed by atoms with E-state index in [9.17, 15) is 9.59 Å². The molecule has 0 saturated heterocycles. The van der Waals surface area contributed by atoms with Crippen molar-refractivity contribution in [2.24, 2.45) is 0 Å². The van der Waals surface area contributed by atoms with Crippen LogP contribution < -0.4 is 21.9 Å². The summed E-state index contributed by atoms with van der Waals surface area (Å²) < 4.78 is 1.62. The molecule has 4 N–H and O–H groups in total. The summed E-state index contributed by atoms with van der Waals surface area (Å²) in [6.45, 7) is 1.83. The van der Waals surface area contributed by atoms with Crippen LogP contribution in [0.25, 0.3) is 0 Å². The number of hydrogen-bond acceptors (Lipinski definition) is 6. The highest BCUT2D eigenvalue weighted by molar-refractivity contribution is 5.97. The van der Waals surface area contributed by atoms with Gasteiger partial charge in [-0.1, -0.05) is 12.2 Å². The van der Waals surface area contributed by atoms with Crippen LogP contribution in [0.1, 0.15) is 41.7 Å². The predicted molar refractivity (Wildman–Crippen MR) is 98.2 cm³/mol. The Balaban J connectivity index is 1.85. The highest BCUT2D eigenvalue weighted by Gasteiger charge is 2.44. The molecule has 1 aliphatic carbocycles. The number of nitrogens with one attached hydrogen (secondary N) is 2. The van der Waals surface area contributed by atoms with E-state index in [0.717, 1.165) is 18.4 Å². The summed E-state index contributed by atoms with van der Waals surface area (Å²) in [6, 6.07) is 3.23. The lowest BCUT2D eigenvalue weighted by Gasteiger charge is -2.30. The molecule has 1 unspecified atom stereocenters. The minimum atomic E-state index is -0.705. The lowest BCUT2D eigenvalue weighted by atomic mass is 10.0. The summed E-state index contributed by atoms with van der Waals surface area (Å²) in [6.07, 6.45) is 8.62. The smallest absolute Gasteiger partial charge is 0.276 e. The molecular formula is C18H20N6O2. The van der Waals surface area contributed by atoms with Gasteiger partial charge in [0.15, 0.2) is 0 Å². The number of aromatic nitrogens is 3. The second-order valence-electron chi connectivity index (χ2n) is 6.74. The molecule has 134 valence electrons. The van der Waals surface area contributed by atoms with Gasteiger partial charge in [0.05, 0.1) is 0 Å². The number of nitrogens with zero attached hydrogens (tertiary/aromatic N) is 3. The van der Waals surface area contributed by atoms with Gasteiger partial charge >= 0.3 is 0 Å². The molecule has 2 aromatic rings. The van der Waals surface area contributed by atoms with Gasteiger partial charge in [-0.2, -0.15) is 0 Å². The SMILES string of the molecule is Cc1cc(Nc2cc(N)ncn2)c(=O)n2c1C(=O)NC21CC=CCCC1. The zero-order valence-electron chi connectivity index (χ0n) is 14.5. The Morgan fingerprint density at radius 2 is 2.12 bits per heavy atom. The molecule has 1 atom stereocenters. The average molecular weight is 352 g/mol. The molecule has 8 heteroatoms. The third-order valence-electron chi connectivity index (χ3n) is 4.92. The minimum Gasteiger partial charge on any atom is -0.384 e. The van der Waals surface area contributed by atoms with Crippen LogP contribution in [-0.2, 0) is 5.66 Å². The maximum Gasteiger partial charge on any atom is 0.276 e. The van der Waals surface area contributed by atoms with Gasteiger partial charge in [0.1, 0.15) is 35.0 Å². The van der Waals surface area contributed by atoms with Crippen molar-refractivity contribution in [3.63, 3.8) is 0 Å². The number of nitrogens with two attached hydrogens (primary N) is 1. The van der Waals surface area contributed by atoms with Crippen molar-refractivity contribution in [2.45, 2.75) is 38.3 Å². The number of nitrogen functional groups attached to an aromatic ring is 1. The molecule has 1 aliphatic heterocycles. The number of carbonyl (C=O) groups is 1. The van der Waals surface area contributed by atoms with Crippen LogP contribution >= 0.6 is 0 Å². The number of pyridine rings is 1. The van der Waals surface area contributed by atoms with Crippen molar-refractivity contribution in [3.05, 3.63) is 52.2 Å². The molecule has 0 saturated carbocycles. The third-order valence-corrected chi connectivity index (χ3v) is 4.92. The Morgan fingerprint density at radius 1 is 1.27 bits per heavy atom. The fourth-order valence-corrected chi connectivity index (χ4v) is 3.76. The summed E-state index contributed by atoms with van der Waals surface area (Å²) in [7, 11) is 0. The second-order valence-corrected chi connectivity index (χ2v) is 6.74. The van der Waals surface area contributed by atoms with Crippen LogP contribution in [0.15, 0.2) is 35.4 Å². The quantitative estimate of drug-likeness (QED) is 0.710. The molecule has 3 heterocycles. The number of anilines is 3. The fraction of sp³-hybridized carbons (Fsp3) is 0.333. The summed E-state index contributed by atoms with van der Waals surface area (Å²) in [4.78, 5) is 33.8. The van der Waals surface area contributed by atoms with Gasteiger partial charge in [-0.05, 0) is 37.8 Å². The molecule has 0 radical (unpaired) electrons. The molecule has 2 aromatic heterocycles. The molecule has 0 aromatic carbocycles.